The van der Waals surface area contributed by atoms with Gasteiger partial charge in [0, 0.05) is 48.7 Å². The van der Waals surface area contributed by atoms with Crippen LogP contribution in [-0.4, -0.2) is 56.0 Å². The van der Waals surface area contributed by atoms with Crippen molar-refractivity contribution in [2.24, 2.45) is 0 Å². The number of alkyl halides is 3. The van der Waals surface area contributed by atoms with Gasteiger partial charge in [0.2, 0.25) is 0 Å². The van der Waals surface area contributed by atoms with Gasteiger partial charge in [-0.3, -0.25) is 19.4 Å². The molecule has 4 heterocycles. The first-order valence-corrected chi connectivity index (χ1v) is 12.7. The highest BCUT2D eigenvalue weighted by atomic mass is 31.2. The highest BCUT2D eigenvalue weighted by molar-refractivity contribution is 7.72. The summed E-state index contributed by atoms with van der Waals surface area (Å²) in [6.07, 6.45) is -1.19. The maximum absolute atomic E-state index is 13.7. The Morgan fingerprint density at radius 2 is 1.85 bits per heavy atom. The van der Waals surface area contributed by atoms with Crippen molar-refractivity contribution in [3.05, 3.63) is 48.7 Å². The number of hydrogen-bond donors (Lipinski definition) is 0. The molecule has 0 spiro atoms. The van der Waals surface area contributed by atoms with Crippen LogP contribution in [-0.2, 0) is 15.5 Å². The minimum absolute atomic E-state index is 0.153. The Morgan fingerprint density at radius 1 is 1.18 bits per heavy atom. The predicted octanol–water partition coefficient (Wildman–Crippen LogP) is 4.41. The van der Waals surface area contributed by atoms with Crippen LogP contribution in [0.25, 0.3) is 22.3 Å². The zero-order valence-electron chi connectivity index (χ0n) is 18.5. The third-order valence-corrected chi connectivity index (χ3v) is 9.36. The summed E-state index contributed by atoms with van der Waals surface area (Å²) in [4.78, 5) is 21.1. The van der Waals surface area contributed by atoms with Gasteiger partial charge in [0.1, 0.15) is 24.0 Å². The fourth-order valence-electron chi connectivity index (χ4n) is 4.05. The van der Waals surface area contributed by atoms with E-state index in [4.69, 9.17) is 0 Å². The number of carbonyl (C=O) groups is 1. The van der Waals surface area contributed by atoms with Crippen molar-refractivity contribution in [2.75, 3.05) is 25.4 Å². The van der Waals surface area contributed by atoms with Crippen LogP contribution in [0.15, 0.2) is 43.0 Å². The molecule has 4 rings (SSSR count). The van der Waals surface area contributed by atoms with Crippen molar-refractivity contribution >= 4 is 29.4 Å². The van der Waals surface area contributed by atoms with Gasteiger partial charge in [0.25, 0.3) is 5.91 Å². The van der Waals surface area contributed by atoms with Crippen LogP contribution < -0.4 is 5.30 Å². The zero-order valence-corrected chi connectivity index (χ0v) is 19.4. The molecule has 1 amide bonds. The lowest BCUT2D eigenvalue weighted by Crippen LogP contribution is -2.51. The summed E-state index contributed by atoms with van der Waals surface area (Å²) in [5, 5.41) is 5.18. The molecule has 12 heteroatoms. The first-order chi connectivity index (χ1) is 16.0. The Hall–Kier alpha value is -3.07. The number of amides is 1. The van der Waals surface area contributed by atoms with E-state index in [0.29, 0.717) is 34.2 Å². The van der Waals surface area contributed by atoms with Crippen LogP contribution in [0.1, 0.15) is 25.6 Å². The lowest BCUT2D eigenvalue weighted by atomic mass is 10.1. The number of nitrogens with zero attached hydrogens (tertiary/aromatic N) is 5. The van der Waals surface area contributed by atoms with Gasteiger partial charge in [-0.15, -0.1) is 0 Å². The van der Waals surface area contributed by atoms with E-state index in [1.807, 2.05) is 13.8 Å². The Balaban J connectivity index is 1.86. The number of fused-ring (bicyclic) bond motifs is 1. The van der Waals surface area contributed by atoms with Crippen molar-refractivity contribution in [3.8, 4) is 11.3 Å². The Kier molecular flexibility index (Phi) is 6.10. The third-order valence-electron chi connectivity index (χ3n) is 6.08. The number of halogens is 4. The first kappa shape index (κ1) is 24.1. The molecule has 7 nitrogen and oxygen atoms in total. The van der Waals surface area contributed by atoms with Crippen molar-refractivity contribution in [2.45, 2.75) is 26.1 Å². The summed E-state index contributed by atoms with van der Waals surface area (Å²) in [6.45, 7) is 6.99. The molecule has 1 aliphatic rings. The molecule has 3 aromatic heterocycles. The summed E-state index contributed by atoms with van der Waals surface area (Å²) in [6, 6.07) is 3.45. The average molecular weight is 495 g/mol. The smallest absolute Gasteiger partial charge is 0.332 e. The number of aromatic nitrogens is 4. The van der Waals surface area contributed by atoms with Crippen molar-refractivity contribution in [3.63, 3.8) is 0 Å². The summed E-state index contributed by atoms with van der Waals surface area (Å²) < 4.78 is 67.4. The minimum atomic E-state index is -4.58. The summed E-state index contributed by atoms with van der Waals surface area (Å²) >= 11 is 0. The van der Waals surface area contributed by atoms with E-state index < -0.39 is 30.7 Å². The molecule has 0 bridgehead atoms. The number of hydrogen-bond acceptors (Lipinski definition) is 5. The van der Waals surface area contributed by atoms with E-state index in [9.17, 15) is 26.9 Å². The predicted molar refractivity (Wildman–Crippen MR) is 120 cm³/mol. The monoisotopic (exact) mass is 495 g/mol. The van der Waals surface area contributed by atoms with E-state index in [-0.39, 0.29) is 24.8 Å². The molecule has 0 aliphatic carbocycles. The van der Waals surface area contributed by atoms with Gasteiger partial charge >= 0.3 is 6.18 Å². The molecule has 1 saturated heterocycles. The molecule has 0 atom stereocenters. The second-order valence-corrected chi connectivity index (χ2v) is 11.6. The number of rotatable bonds is 6. The van der Waals surface area contributed by atoms with Gasteiger partial charge in [-0.05, 0) is 18.2 Å². The second kappa shape index (κ2) is 8.61. The van der Waals surface area contributed by atoms with Crippen LogP contribution in [0.2, 0.25) is 0 Å². The maximum atomic E-state index is 13.7. The lowest BCUT2D eigenvalue weighted by molar-refractivity contribution is -0.141. The number of carbonyl (C=O) groups excluding carboxylic acids is 1. The molecule has 1 aliphatic heterocycles. The van der Waals surface area contributed by atoms with Crippen LogP contribution in [0.3, 0.4) is 0 Å². The molecule has 3 aromatic rings. The van der Waals surface area contributed by atoms with Gasteiger partial charge in [-0.2, -0.15) is 18.3 Å². The zero-order chi connectivity index (χ0) is 24.8. The van der Waals surface area contributed by atoms with Crippen LogP contribution in [0, 0.1) is 0 Å². The molecular weight excluding hydrogens is 473 g/mol. The van der Waals surface area contributed by atoms with Gasteiger partial charge in [0.15, 0.2) is 5.83 Å². The fraction of sp³-hybridized carbons (Fsp3) is 0.364. The maximum Gasteiger partial charge on any atom is 0.433 e. The lowest BCUT2D eigenvalue weighted by Gasteiger charge is -2.39. The van der Waals surface area contributed by atoms with E-state index >= 15 is 0 Å². The quantitative estimate of drug-likeness (QED) is 0.288. The normalized spacial score (nSPS) is 14.9. The third kappa shape index (κ3) is 4.02. The van der Waals surface area contributed by atoms with Gasteiger partial charge in [-0.1, -0.05) is 20.4 Å². The molecule has 180 valence electrons. The number of likely N-dealkylation sites (tertiary alicyclic amines) is 1. The van der Waals surface area contributed by atoms with Crippen molar-refractivity contribution in [1.29, 1.82) is 0 Å². The largest absolute Gasteiger partial charge is 0.433 e. The van der Waals surface area contributed by atoms with E-state index in [1.54, 1.807) is 10.7 Å². The van der Waals surface area contributed by atoms with Gasteiger partial charge in [-0.25, -0.2) is 4.39 Å². The Morgan fingerprint density at radius 3 is 2.38 bits per heavy atom. The van der Waals surface area contributed by atoms with Crippen LogP contribution in [0.5, 0.6) is 0 Å². The highest BCUT2D eigenvalue weighted by Gasteiger charge is 2.37. The molecule has 0 N–H and O–H groups in total. The molecule has 0 unspecified atom stereocenters. The summed E-state index contributed by atoms with van der Waals surface area (Å²) in [7, 11) is -2.81. The van der Waals surface area contributed by atoms with Crippen LogP contribution >= 0.6 is 7.14 Å². The van der Waals surface area contributed by atoms with E-state index in [1.165, 1.54) is 17.2 Å². The molecular formula is C22H22F4N5O2P. The first-order valence-electron chi connectivity index (χ1n) is 10.6. The van der Waals surface area contributed by atoms with Crippen molar-refractivity contribution < 1.29 is 26.9 Å². The molecule has 0 aromatic carbocycles. The van der Waals surface area contributed by atoms with Crippen molar-refractivity contribution in [1.82, 2.24) is 24.6 Å². The van der Waals surface area contributed by atoms with Gasteiger partial charge in [0.05, 0.1) is 11.6 Å². The fourth-order valence-corrected chi connectivity index (χ4v) is 6.11. The molecule has 34 heavy (non-hydrogen) atoms. The Labute approximate surface area is 192 Å². The SMILES string of the molecule is C=C(F)C(=O)N1CC(n2nc(-c3ccc(C(F)(F)F)nc3)c3nccc(P(=O)(CC)CC)c32)C1. The standard InChI is InChI=1S/C22H22F4N5O2P/c1-4-34(33,5-2)16-8-9-27-19-18(14-6-7-17(28-10-14)22(24,25)26)29-31(20(16)19)15-11-30(12-15)21(32)13(3)23/h6-10,15H,3-5,11-12H2,1-2H3. The molecule has 0 saturated carbocycles. The van der Waals surface area contributed by atoms with E-state index in [2.05, 4.69) is 21.6 Å². The highest BCUT2D eigenvalue weighted by Crippen LogP contribution is 2.46. The van der Waals surface area contributed by atoms with Gasteiger partial charge < -0.3 is 9.46 Å². The van der Waals surface area contributed by atoms with E-state index in [0.717, 1.165) is 12.3 Å². The molecule has 0 radical (unpaired) electrons. The Bertz CT molecular complexity index is 1310. The average Bonchev–Trinajstić information content (AvgIpc) is 3.16. The summed E-state index contributed by atoms with van der Waals surface area (Å²) in [5.41, 5.74) is 0.446. The topological polar surface area (TPSA) is 81.0 Å². The summed E-state index contributed by atoms with van der Waals surface area (Å²) in [5.74, 6) is -1.88. The number of pyridine rings is 2. The van der Waals surface area contributed by atoms with Crippen LogP contribution in [0.4, 0.5) is 17.6 Å². The minimum Gasteiger partial charge on any atom is -0.332 e. The molecule has 1 fully saturated rings. The second-order valence-electron chi connectivity index (χ2n) is 8.04.